The molecule has 3 aromatic heterocycles. The van der Waals surface area contributed by atoms with Gasteiger partial charge in [-0.25, -0.2) is 4.52 Å². The number of nitrogens with zero attached hydrogens (tertiary/aromatic N) is 5. The molecule has 3 atom stereocenters. The molecule has 0 amide bonds. The van der Waals surface area contributed by atoms with Gasteiger partial charge in [-0.3, -0.25) is 0 Å². The number of aromatic nitrogens is 4. The van der Waals surface area contributed by atoms with Crippen LogP contribution in [0, 0.1) is 18.8 Å². The highest BCUT2D eigenvalue weighted by Gasteiger charge is 2.43. The van der Waals surface area contributed by atoms with E-state index in [9.17, 15) is 13.2 Å². The van der Waals surface area contributed by atoms with Crippen molar-refractivity contribution in [1.29, 1.82) is 0 Å². The zero-order valence-corrected chi connectivity index (χ0v) is 19.3. The molecule has 34 heavy (non-hydrogen) atoms. The van der Waals surface area contributed by atoms with Crippen molar-refractivity contribution in [2.75, 3.05) is 23.3 Å². The van der Waals surface area contributed by atoms with E-state index in [2.05, 4.69) is 25.8 Å². The van der Waals surface area contributed by atoms with Crippen LogP contribution in [0.5, 0.6) is 0 Å². The summed E-state index contributed by atoms with van der Waals surface area (Å²) in [6.45, 7) is 3.96. The van der Waals surface area contributed by atoms with Crippen molar-refractivity contribution in [2.24, 2.45) is 11.8 Å². The fourth-order valence-corrected chi connectivity index (χ4v) is 6.12. The van der Waals surface area contributed by atoms with Crippen LogP contribution >= 0.6 is 11.5 Å². The summed E-state index contributed by atoms with van der Waals surface area (Å²) < 4.78 is 45.7. The van der Waals surface area contributed by atoms with E-state index >= 15 is 0 Å². The Bertz CT molecular complexity index is 1330. The maximum atomic E-state index is 13.2. The molecular weight excluding hydrogens is 461 g/mol. The Morgan fingerprint density at radius 1 is 1.06 bits per heavy atom. The van der Waals surface area contributed by atoms with Gasteiger partial charge >= 0.3 is 6.18 Å². The van der Waals surface area contributed by atoms with E-state index < -0.39 is 11.7 Å². The highest BCUT2D eigenvalue weighted by molar-refractivity contribution is 7.10. The molecule has 1 N–H and O–H groups in total. The number of anilines is 2. The van der Waals surface area contributed by atoms with Crippen molar-refractivity contribution in [3.63, 3.8) is 0 Å². The van der Waals surface area contributed by atoms with Crippen LogP contribution in [0.2, 0.25) is 0 Å². The zero-order valence-electron chi connectivity index (χ0n) is 18.5. The van der Waals surface area contributed by atoms with Gasteiger partial charge in [-0.05, 0) is 79.0 Å². The molecule has 1 aliphatic carbocycles. The molecule has 4 aromatic rings. The van der Waals surface area contributed by atoms with Crippen molar-refractivity contribution in [2.45, 2.75) is 32.0 Å². The van der Waals surface area contributed by atoms with Gasteiger partial charge in [-0.15, -0.1) is 5.10 Å². The van der Waals surface area contributed by atoms with E-state index in [0.717, 1.165) is 43.8 Å². The minimum Gasteiger partial charge on any atom is -0.361 e. The Balaban J connectivity index is 1.26. The van der Waals surface area contributed by atoms with Gasteiger partial charge in [0.05, 0.1) is 11.3 Å². The SMILES string of the molecule is Cc1cc(N2C[C@H]3CC[C@@H](C2)[C@@H]3Nc2nc3c(-c4cccc(C(F)(F)F)c4)cccn3n2)sn1. The summed E-state index contributed by atoms with van der Waals surface area (Å²) in [7, 11) is 0. The Morgan fingerprint density at radius 3 is 2.56 bits per heavy atom. The summed E-state index contributed by atoms with van der Waals surface area (Å²) in [6.07, 6.45) is -0.319. The van der Waals surface area contributed by atoms with Crippen LogP contribution < -0.4 is 10.2 Å². The topological polar surface area (TPSA) is 58.4 Å². The van der Waals surface area contributed by atoms with Crippen LogP contribution in [0.15, 0.2) is 48.7 Å². The molecule has 2 aliphatic rings. The third-order valence-corrected chi connectivity index (χ3v) is 7.86. The Labute approximate surface area is 198 Å². The molecule has 1 aromatic carbocycles. The van der Waals surface area contributed by atoms with E-state index in [0.29, 0.717) is 34.6 Å². The second kappa shape index (κ2) is 7.97. The van der Waals surface area contributed by atoms with Crippen molar-refractivity contribution >= 4 is 28.1 Å². The molecule has 6 nitrogen and oxygen atoms in total. The van der Waals surface area contributed by atoms with Gasteiger partial charge in [0, 0.05) is 30.9 Å². The molecule has 6 rings (SSSR count). The maximum absolute atomic E-state index is 13.2. The molecule has 1 aliphatic heterocycles. The number of alkyl halides is 3. The van der Waals surface area contributed by atoms with E-state index in [1.165, 1.54) is 11.1 Å². The van der Waals surface area contributed by atoms with Crippen LogP contribution in [0.1, 0.15) is 24.1 Å². The fraction of sp³-hybridized carbons (Fsp3) is 0.375. The molecule has 2 bridgehead atoms. The number of aryl methyl sites for hydroxylation is 1. The van der Waals surface area contributed by atoms with E-state index in [-0.39, 0.29) is 6.04 Å². The first-order chi connectivity index (χ1) is 16.3. The third kappa shape index (κ3) is 3.79. The highest BCUT2D eigenvalue weighted by atomic mass is 32.1. The lowest BCUT2D eigenvalue weighted by Gasteiger charge is -2.38. The van der Waals surface area contributed by atoms with Gasteiger partial charge in [0.1, 0.15) is 5.00 Å². The lowest BCUT2D eigenvalue weighted by atomic mass is 9.92. The largest absolute Gasteiger partial charge is 0.416 e. The molecule has 4 heterocycles. The van der Waals surface area contributed by atoms with Crippen LogP contribution in [-0.4, -0.2) is 38.1 Å². The number of nitrogens with one attached hydrogen (secondary N) is 1. The van der Waals surface area contributed by atoms with Crippen molar-refractivity contribution in [3.05, 3.63) is 59.9 Å². The molecule has 0 radical (unpaired) electrons. The van der Waals surface area contributed by atoms with E-state index in [1.807, 2.05) is 6.92 Å². The summed E-state index contributed by atoms with van der Waals surface area (Å²) in [5.74, 6) is 1.48. The summed E-state index contributed by atoms with van der Waals surface area (Å²) in [6, 6.07) is 11.3. The average molecular weight is 485 g/mol. The van der Waals surface area contributed by atoms with Crippen molar-refractivity contribution < 1.29 is 13.2 Å². The number of halogens is 3. The Morgan fingerprint density at radius 2 is 1.85 bits per heavy atom. The molecular formula is C24H23F3N6S. The first-order valence-electron chi connectivity index (χ1n) is 11.3. The van der Waals surface area contributed by atoms with Crippen LogP contribution in [0.4, 0.5) is 24.1 Å². The molecule has 176 valence electrons. The van der Waals surface area contributed by atoms with E-state index in [1.54, 1.807) is 40.4 Å². The van der Waals surface area contributed by atoms with Crippen LogP contribution in [0.3, 0.4) is 0 Å². The standard InChI is InChI=1S/C24H23F3N6S/c1-14-10-20(34-31-14)32-12-16-7-8-17(13-32)21(16)28-23-29-22-19(6-3-9-33(22)30-23)15-4-2-5-18(11-15)24(25,26)27/h2-6,9-11,16-17,21H,7-8,12-13H2,1H3,(H,28,30)/t16-,17+,21-. The predicted molar refractivity (Wildman–Crippen MR) is 126 cm³/mol. The average Bonchev–Trinajstić information content (AvgIpc) is 3.48. The first-order valence-corrected chi connectivity index (χ1v) is 12.1. The third-order valence-electron chi connectivity index (χ3n) is 6.92. The molecule has 0 unspecified atom stereocenters. The number of benzene rings is 1. The maximum Gasteiger partial charge on any atom is 0.416 e. The number of hydrogen-bond donors (Lipinski definition) is 1. The number of hydrogen-bond acceptors (Lipinski definition) is 6. The van der Waals surface area contributed by atoms with Gasteiger partial charge < -0.3 is 10.2 Å². The van der Waals surface area contributed by atoms with Crippen molar-refractivity contribution in [3.8, 4) is 11.1 Å². The Kier molecular flexibility index (Phi) is 5.02. The predicted octanol–water partition coefficient (Wildman–Crippen LogP) is 5.51. The van der Waals surface area contributed by atoms with E-state index in [4.69, 9.17) is 4.98 Å². The minimum atomic E-state index is -4.40. The lowest BCUT2D eigenvalue weighted by Crippen LogP contribution is -2.48. The van der Waals surface area contributed by atoms with Crippen LogP contribution in [-0.2, 0) is 6.18 Å². The molecule has 1 saturated carbocycles. The smallest absolute Gasteiger partial charge is 0.361 e. The van der Waals surface area contributed by atoms with Gasteiger partial charge in [0.15, 0.2) is 5.65 Å². The number of pyridine rings is 1. The van der Waals surface area contributed by atoms with Gasteiger partial charge in [0.2, 0.25) is 5.95 Å². The first kappa shape index (κ1) is 21.4. The summed E-state index contributed by atoms with van der Waals surface area (Å²) >= 11 is 1.56. The van der Waals surface area contributed by atoms with Gasteiger partial charge in [-0.1, -0.05) is 12.1 Å². The molecule has 1 saturated heterocycles. The summed E-state index contributed by atoms with van der Waals surface area (Å²) in [5, 5.41) is 9.38. The van der Waals surface area contributed by atoms with Crippen molar-refractivity contribution in [1.82, 2.24) is 19.0 Å². The number of rotatable bonds is 4. The Hall–Kier alpha value is -3.14. The highest BCUT2D eigenvalue weighted by Crippen LogP contribution is 2.41. The van der Waals surface area contributed by atoms with Gasteiger partial charge in [-0.2, -0.15) is 22.5 Å². The molecule has 2 fully saturated rings. The second-order valence-corrected chi connectivity index (χ2v) is 9.97. The normalized spacial score (nSPS) is 22.5. The molecule has 0 spiro atoms. The lowest BCUT2D eigenvalue weighted by molar-refractivity contribution is -0.137. The summed E-state index contributed by atoms with van der Waals surface area (Å²) in [4.78, 5) is 7.13. The number of fused-ring (bicyclic) bond motifs is 3. The van der Waals surface area contributed by atoms with Crippen LogP contribution in [0.25, 0.3) is 16.8 Å². The summed E-state index contributed by atoms with van der Waals surface area (Å²) in [5.41, 5.74) is 2.00. The number of piperidine rings is 1. The minimum absolute atomic E-state index is 0.277. The monoisotopic (exact) mass is 484 g/mol. The van der Waals surface area contributed by atoms with Gasteiger partial charge in [0.25, 0.3) is 0 Å². The zero-order chi connectivity index (χ0) is 23.4. The molecule has 10 heteroatoms. The fourth-order valence-electron chi connectivity index (χ4n) is 5.34. The quantitative estimate of drug-likeness (QED) is 0.414. The second-order valence-electron chi connectivity index (χ2n) is 9.18.